The van der Waals surface area contributed by atoms with Gasteiger partial charge in [-0.1, -0.05) is 18.2 Å². The van der Waals surface area contributed by atoms with E-state index in [2.05, 4.69) is 23.2 Å². The molecule has 4 rings (SSSR count). The van der Waals surface area contributed by atoms with Crippen LogP contribution in [0.15, 0.2) is 59.3 Å². The highest BCUT2D eigenvalue weighted by molar-refractivity contribution is 6.09. The summed E-state index contributed by atoms with van der Waals surface area (Å²) < 4.78 is 5.83. The number of furan rings is 1. The van der Waals surface area contributed by atoms with Crippen molar-refractivity contribution < 1.29 is 4.42 Å². The van der Waals surface area contributed by atoms with Crippen molar-refractivity contribution in [3.8, 4) is 0 Å². The van der Waals surface area contributed by atoms with E-state index in [9.17, 15) is 0 Å². The average molecular weight is 219 g/mol. The summed E-state index contributed by atoms with van der Waals surface area (Å²) in [7, 11) is 0. The lowest BCUT2D eigenvalue weighted by atomic mass is 10.1. The number of pyridine rings is 1. The van der Waals surface area contributed by atoms with E-state index in [-0.39, 0.29) is 0 Å². The molecule has 0 saturated carbocycles. The van der Waals surface area contributed by atoms with Crippen molar-refractivity contribution in [1.29, 1.82) is 0 Å². The summed E-state index contributed by atoms with van der Waals surface area (Å²) in [6, 6.07) is 14.4. The Morgan fingerprint density at radius 1 is 0.824 bits per heavy atom. The molecular weight excluding hydrogens is 210 g/mol. The maximum atomic E-state index is 5.83. The summed E-state index contributed by atoms with van der Waals surface area (Å²) in [4.78, 5) is 4.13. The molecule has 0 aliphatic rings. The smallest absolute Gasteiger partial charge is 0.136 e. The molecule has 4 aromatic rings. The molecule has 0 radical (unpaired) electrons. The van der Waals surface area contributed by atoms with Crippen LogP contribution >= 0.6 is 0 Å². The third-order valence-corrected chi connectivity index (χ3v) is 3.14. The molecule has 0 unspecified atom stereocenters. The normalized spacial score (nSPS) is 11.5. The first-order valence-electron chi connectivity index (χ1n) is 5.57. The molecule has 0 aliphatic carbocycles. The van der Waals surface area contributed by atoms with Crippen molar-refractivity contribution in [2.45, 2.75) is 0 Å². The second kappa shape index (κ2) is 3.08. The lowest BCUT2D eigenvalue weighted by Crippen LogP contribution is -1.74. The number of fused-ring (bicyclic) bond motifs is 4. The minimum atomic E-state index is 0.923. The van der Waals surface area contributed by atoms with Gasteiger partial charge in [-0.05, 0) is 29.7 Å². The number of benzene rings is 2. The highest BCUT2D eigenvalue weighted by atomic mass is 16.3. The minimum Gasteiger partial charge on any atom is -0.456 e. The average Bonchev–Trinajstić information content (AvgIpc) is 2.73. The van der Waals surface area contributed by atoms with Gasteiger partial charge in [0.2, 0.25) is 0 Å². The summed E-state index contributed by atoms with van der Waals surface area (Å²) in [6.07, 6.45) is 3.68. The van der Waals surface area contributed by atoms with E-state index in [4.69, 9.17) is 4.42 Å². The van der Waals surface area contributed by atoms with Crippen LogP contribution in [0.1, 0.15) is 0 Å². The van der Waals surface area contributed by atoms with Gasteiger partial charge in [-0.3, -0.25) is 4.98 Å². The third kappa shape index (κ3) is 1.18. The SMILES string of the molecule is c1ccc2c(c1)oc1cc3cnccc3cc12. The van der Waals surface area contributed by atoms with Crippen LogP contribution in [-0.4, -0.2) is 4.98 Å². The fourth-order valence-corrected chi connectivity index (χ4v) is 2.31. The second-order valence-corrected chi connectivity index (χ2v) is 4.17. The lowest BCUT2D eigenvalue weighted by Gasteiger charge is -1.96. The maximum Gasteiger partial charge on any atom is 0.136 e. The van der Waals surface area contributed by atoms with Crippen LogP contribution < -0.4 is 0 Å². The molecule has 0 N–H and O–H groups in total. The Hall–Kier alpha value is -2.35. The van der Waals surface area contributed by atoms with Gasteiger partial charge in [0.05, 0.1) is 0 Å². The van der Waals surface area contributed by atoms with Gasteiger partial charge in [0.25, 0.3) is 0 Å². The standard InChI is InChI=1S/C15H9NO/c1-2-4-14-12(3-1)13-7-10-5-6-16-9-11(10)8-15(13)17-14/h1-9H. The van der Waals surface area contributed by atoms with Crippen LogP contribution in [0.3, 0.4) is 0 Å². The molecule has 2 heteroatoms. The molecule has 2 heterocycles. The van der Waals surface area contributed by atoms with Gasteiger partial charge in [0.1, 0.15) is 11.2 Å². The van der Waals surface area contributed by atoms with Gasteiger partial charge in [-0.15, -0.1) is 0 Å². The first-order chi connectivity index (χ1) is 8.42. The van der Waals surface area contributed by atoms with Gasteiger partial charge < -0.3 is 4.42 Å². The van der Waals surface area contributed by atoms with E-state index in [1.807, 2.05) is 36.7 Å². The van der Waals surface area contributed by atoms with Gasteiger partial charge in [-0.25, -0.2) is 0 Å². The zero-order chi connectivity index (χ0) is 11.2. The predicted octanol–water partition coefficient (Wildman–Crippen LogP) is 4.13. The summed E-state index contributed by atoms with van der Waals surface area (Å²) in [5.41, 5.74) is 1.86. The first kappa shape index (κ1) is 8.76. The highest BCUT2D eigenvalue weighted by Gasteiger charge is 2.06. The topological polar surface area (TPSA) is 26.0 Å². The van der Waals surface area contributed by atoms with Crippen molar-refractivity contribution in [2.24, 2.45) is 0 Å². The van der Waals surface area contributed by atoms with Crippen LogP contribution in [0.4, 0.5) is 0 Å². The molecule has 0 spiro atoms. The van der Waals surface area contributed by atoms with Crippen molar-refractivity contribution >= 4 is 32.7 Å². The quantitative estimate of drug-likeness (QED) is 0.444. The molecule has 0 aliphatic heterocycles. The van der Waals surface area contributed by atoms with Crippen LogP contribution in [0.2, 0.25) is 0 Å². The molecule has 17 heavy (non-hydrogen) atoms. The number of para-hydroxylation sites is 1. The van der Waals surface area contributed by atoms with Crippen LogP contribution in [0.25, 0.3) is 32.7 Å². The molecule has 0 atom stereocenters. The fraction of sp³-hybridized carbons (Fsp3) is 0. The second-order valence-electron chi connectivity index (χ2n) is 4.17. The zero-order valence-electron chi connectivity index (χ0n) is 9.05. The number of aromatic nitrogens is 1. The largest absolute Gasteiger partial charge is 0.456 e. The molecule has 0 amide bonds. The number of hydrogen-bond donors (Lipinski definition) is 0. The predicted molar refractivity (Wildman–Crippen MR) is 69.0 cm³/mol. The summed E-state index contributed by atoms with van der Waals surface area (Å²) in [5.74, 6) is 0. The lowest BCUT2D eigenvalue weighted by molar-refractivity contribution is 0.669. The van der Waals surface area contributed by atoms with E-state index in [0.717, 1.165) is 16.6 Å². The van der Waals surface area contributed by atoms with Crippen LogP contribution in [-0.2, 0) is 0 Å². The van der Waals surface area contributed by atoms with Gasteiger partial charge >= 0.3 is 0 Å². The molecule has 2 nitrogen and oxygen atoms in total. The summed E-state index contributed by atoms with van der Waals surface area (Å²) in [6.45, 7) is 0. The Labute approximate surface area is 97.5 Å². The molecule has 0 bridgehead atoms. The van der Waals surface area contributed by atoms with Crippen LogP contribution in [0.5, 0.6) is 0 Å². The maximum absolute atomic E-state index is 5.83. The summed E-state index contributed by atoms with van der Waals surface area (Å²) >= 11 is 0. The molecule has 2 aromatic carbocycles. The monoisotopic (exact) mass is 219 g/mol. The van der Waals surface area contributed by atoms with Crippen LogP contribution in [0, 0.1) is 0 Å². The van der Waals surface area contributed by atoms with E-state index < -0.39 is 0 Å². The van der Waals surface area contributed by atoms with Gasteiger partial charge in [0.15, 0.2) is 0 Å². The Morgan fingerprint density at radius 3 is 2.76 bits per heavy atom. The molecular formula is C15H9NO. The van der Waals surface area contributed by atoms with Gasteiger partial charge in [0, 0.05) is 28.6 Å². The highest BCUT2D eigenvalue weighted by Crippen LogP contribution is 2.31. The van der Waals surface area contributed by atoms with E-state index >= 15 is 0 Å². The Balaban J connectivity index is 2.28. The number of rotatable bonds is 0. The molecule has 80 valence electrons. The Morgan fingerprint density at radius 2 is 1.76 bits per heavy atom. The van der Waals surface area contributed by atoms with Crippen molar-refractivity contribution in [3.63, 3.8) is 0 Å². The Kier molecular flexibility index (Phi) is 1.59. The molecule has 2 aromatic heterocycles. The van der Waals surface area contributed by atoms with Crippen molar-refractivity contribution in [2.75, 3.05) is 0 Å². The van der Waals surface area contributed by atoms with E-state index in [0.29, 0.717) is 0 Å². The fourth-order valence-electron chi connectivity index (χ4n) is 2.31. The summed E-state index contributed by atoms with van der Waals surface area (Å²) in [5, 5.41) is 4.64. The van der Waals surface area contributed by atoms with E-state index in [1.54, 1.807) is 0 Å². The number of nitrogens with zero attached hydrogens (tertiary/aromatic N) is 1. The minimum absolute atomic E-state index is 0.923. The molecule has 0 fully saturated rings. The zero-order valence-corrected chi connectivity index (χ0v) is 9.05. The molecule has 0 saturated heterocycles. The van der Waals surface area contributed by atoms with E-state index in [1.165, 1.54) is 16.2 Å². The van der Waals surface area contributed by atoms with Gasteiger partial charge in [-0.2, -0.15) is 0 Å². The first-order valence-corrected chi connectivity index (χ1v) is 5.57. The third-order valence-electron chi connectivity index (χ3n) is 3.14. The number of hydrogen-bond acceptors (Lipinski definition) is 2. The van der Waals surface area contributed by atoms with Crippen molar-refractivity contribution in [3.05, 3.63) is 54.9 Å². The Bertz CT molecular complexity index is 839. The van der Waals surface area contributed by atoms with Crippen molar-refractivity contribution in [1.82, 2.24) is 4.98 Å².